The van der Waals surface area contributed by atoms with E-state index >= 15 is 0 Å². The molecule has 8 heteroatoms. The Morgan fingerprint density at radius 2 is 1.71 bits per heavy atom. The van der Waals surface area contributed by atoms with Gasteiger partial charge in [0.1, 0.15) is 5.03 Å². The molecule has 31 heavy (non-hydrogen) atoms. The molecule has 4 rings (SSSR count). The summed E-state index contributed by atoms with van der Waals surface area (Å²) in [4.78, 5) is 16.9. The van der Waals surface area contributed by atoms with Gasteiger partial charge in [-0.2, -0.15) is 0 Å². The molecule has 1 aromatic heterocycles. The van der Waals surface area contributed by atoms with E-state index in [-0.39, 0.29) is 11.7 Å². The quantitative estimate of drug-likeness (QED) is 0.554. The topological polar surface area (TPSA) is 61.4 Å². The number of piperazine rings is 1. The monoisotopic (exact) mass is 453 g/mol. The zero-order valence-corrected chi connectivity index (χ0v) is 18.9. The molecule has 6 nitrogen and oxygen atoms in total. The first-order valence-corrected chi connectivity index (χ1v) is 11.5. The Morgan fingerprint density at radius 1 is 0.968 bits per heavy atom. The lowest BCUT2D eigenvalue weighted by molar-refractivity contribution is -0.113. The Balaban J connectivity index is 1.27. The fraction of sp³-hybridized carbons (Fsp3) is 0.261. The van der Waals surface area contributed by atoms with Gasteiger partial charge in [-0.3, -0.25) is 4.79 Å². The van der Waals surface area contributed by atoms with Crippen molar-refractivity contribution in [2.45, 2.75) is 11.9 Å². The number of hydrogen-bond donors (Lipinski definition) is 1. The number of hydrogen-bond acceptors (Lipinski definition) is 6. The Hall–Kier alpha value is -2.77. The molecule has 1 aliphatic rings. The van der Waals surface area contributed by atoms with Crippen molar-refractivity contribution in [2.24, 2.45) is 0 Å². The van der Waals surface area contributed by atoms with Gasteiger partial charge >= 0.3 is 0 Å². The molecule has 1 fully saturated rings. The molecule has 3 aromatic rings. The second-order valence-corrected chi connectivity index (χ2v) is 8.69. The molecule has 0 bridgehead atoms. The van der Waals surface area contributed by atoms with Crippen molar-refractivity contribution in [3.8, 4) is 0 Å². The number of para-hydroxylation sites is 1. The average Bonchev–Trinajstić information content (AvgIpc) is 2.82. The summed E-state index contributed by atoms with van der Waals surface area (Å²) in [6.07, 6.45) is 0. The number of halogens is 1. The number of carbonyl (C=O) groups excluding carboxylic acids is 1. The summed E-state index contributed by atoms with van der Waals surface area (Å²) >= 11 is 7.47. The molecule has 160 valence electrons. The number of benzene rings is 2. The SMILES string of the molecule is Cc1c(Cl)cccc1NC(=O)CSc1ccc(N2CCN(c3ccccc3)CC2)nn1. The molecule has 0 saturated carbocycles. The summed E-state index contributed by atoms with van der Waals surface area (Å²) in [5.74, 6) is 1.03. The van der Waals surface area contributed by atoms with Crippen molar-refractivity contribution < 1.29 is 4.79 Å². The van der Waals surface area contributed by atoms with E-state index in [1.807, 2.05) is 37.3 Å². The normalized spacial score (nSPS) is 13.9. The van der Waals surface area contributed by atoms with Gasteiger partial charge in [0.25, 0.3) is 0 Å². The third-order valence-corrected chi connectivity index (χ3v) is 6.57. The highest BCUT2D eigenvalue weighted by Crippen LogP contribution is 2.24. The van der Waals surface area contributed by atoms with Crippen LogP contribution >= 0.6 is 23.4 Å². The first-order valence-electron chi connectivity index (χ1n) is 10.2. The third-order valence-electron chi connectivity index (χ3n) is 5.24. The van der Waals surface area contributed by atoms with Crippen LogP contribution in [-0.2, 0) is 4.79 Å². The molecular weight excluding hydrogens is 430 g/mol. The van der Waals surface area contributed by atoms with Crippen LogP contribution < -0.4 is 15.1 Å². The number of nitrogens with zero attached hydrogens (tertiary/aromatic N) is 4. The predicted octanol–water partition coefficient (Wildman–Crippen LogP) is 4.50. The fourth-order valence-corrected chi connectivity index (χ4v) is 4.25. The Labute approximate surface area is 191 Å². The van der Waals surface area contributed by atoms with Gasteiger partial charge in [0.2, 0.25) is 5.91 Å². The molecule has 0 unspecified atom stereocenters. The maximum absolute atomic E-state index is 12.3. The Kier molecular flexibility index (Phi) is 6.94. The molecule has 0 radical (unpaired) electrons. The Morgan fingerprint density at radius 3 is 2.42 bits per heavy atom. The van der Waals surface area contributed by atoms with E-state index in [1.165, 1.54) is 17.4 Å². The molecule has 1 N–H and O–H groups in total. The van der Waals surface area contributed by atoms with Crippen LogP contribution in [0.5, 0.6) is 0 Å². The van der Waals surface area contributed by atoms with Gasteiger partial charge in [0.15, 0.2) is 5.82 Å². The highest BCUT2D eigenvalue weighted by atomic mass is 35.5. The predicted molar refractivity (Wildman–Crippen MR) is 128 cm³/mol. The highest BCUT2D eigenvalue weighted by Gasteiger charge is 2.18. The van der Waals surface area contributed by atoms with Gasteiger partial charge in [0, 0.05) is 42.6 Å². The van der Waals surface area contributed by atoms with Crippen LogP contribution in [-0.4, -0.2) is 48.0 Å². The number of aromatic nitrogens is 2. The van der Waals surface area contributed by atoms with Crippen LogP contribution in [0.25, 0.3) is 0 Å². The van der Waals surface area contributed by atoms with E-state index in [4.69, 9.17) is 11.6 Å². The van der Waals surface area contributed by atoms with Crippen molar-refractivity contribution in [1.82, 2.24) is 10.2 Å². The molecule has 1 aliphatic heterocycles. The third kappa shape index (κ3) is 5.48. The van der Waals surface area contributed by atoms with Crippen molar-refractivity contribution in [2.75, 3.05) is 47.0 Å². The van der Waals surface area contributed by atoms with Crippen LogP contribution in [0.1, 0.15) is 5.56 Å². The minimum absolute atomic E-state index is 0.0988. The lowest BCUT2D eigenvalue weighted by Crippen LogP contribution is -2.46. The second-order valence-electron chi connectivity index (χ2n) is 7.29. The van der Waals surface area contributed by atoms with E-state index in [1.54, 1.807) is 6.07 Å². The van der Waals surface area contributed by atoms with Crippen molar-refractivity contribution in [1.29, 1.82) is 0 Å². The maximum Gasteiger partial charge on any atom is 0.234 e. The summed E-state index contributed by atoms with van der Waals surface area (Å²) < 4.78 is 0. The first-order chi connectivity index (χ1) is 15.1. The molecular formula is C23H24ClN5OS. The zero-order chi connectivity index (χ0) is 21.6. The minimum atomic E-state index is -0.0988. The van der Waals surface area contributed by atoms with E-state index < -0.39 is 0 Å². The number of anilines is 3. The molecule has 1 amide bonds. The molecule has 1 saturated heterocycles. The van der Waals surface area contributed by atoms with Crippen LogP contribution in [0, 0.1) is 6.92 Å². The van der Waals surface area contributed by atoms with E-state index in [2.05, 4.69) is 49.6 Å². The molecule has 0 aliphatic carbocycles. The van der Waals surface area contributed by atoms with Crippen molar-refractivity contribution in [3.63, 3.8) is 0 Å². The number of carbonyl (C=O) groups is 1. The van der Waals surface area contributed by atoms with E-state index in [9.17, 15) is 4.79 Å². The van der Waals surface area contributed by atoms with Gasteiger partial charge in [0.05, 0.1) is 5.75 Å². The van der Waals surface area contributed by atoms with Crippen LogP contribution in [0.2, 0.25) is 5.02 Å². The molecule has 2 heterocycles. The van der Waals surface area contributed by atoms with Gasteiger partial charge in [-0.05, 0) is 48.9 Å². The van der Waals surface area contributed by atoms with Crippen molar-refractivity contribution >= 4 is 46.5 Å². The molecule has 2 aromatic carbocycles. The lowest BCUT2D eigenvalue weighted by Gasteiger charge is -2.36. The summed E-state index contributed by atoms with van der Waals surface area (Å²) in [5, 5.41) is 12.9. The van der Waals surface area contributed by atoms with Gasteiger partial charge in [-0.1, -0.05) is 47.6 Å². The summed E-state index contributed by atoms with van der Waals surface area (Å²) in [5.41, 5.74) is 2.85. The number of amides is 1. The van der Waals surface area contributed by atoms with E-state index in [0.29, 0.717) is 5.02 Å². The highest BCUT2D eigenvalue weighted by molar-refractivity contribution is 7.99. The summed E-state index contributed by atoms with van der Waals surface area (Å²) in [6, 6.07) is 19.8. The Bertz CT molecular complexity index is 1020. The maximum atomic E-state index is 12.3. The number of thioether (sulfide) groups is 1. The lowest BCUT2D eigenvalue weighted by atomic mass is 10.2. The largest absolute Gasteiger partial charge is 0.368 e. The standard InChI is InChI=1S/C23H24ClN5OS/c1-17-19(24)8-5-9-20(17)25-22(30)16-31-23-11-10-21(26-27-23)29-14-12-28(13-15-29)18-6-3-2-4-7-18/h2-11H,12-16H2,1H3,(H,25,30). The zero-order valence-electron chi connectivity index (χ0n) is 17.3. The van der Waals surface area contributed by atoms with Gasteiger partial charge in [-0.15, -0.1) is 10.2 Å². The number of nitrogens with one attached hydrogen (secondary N) is 1. The van der Waals surface area contributed by atoms with Crippen molar-refractivity contribution in [3.05, 3.63) is 71.2 Å². The number of rotatable bonds is 6. The van der Waals surface area contributed by atoms with Crippen LogP contribution in [0.3, 0.4) is 0 Å². The minimum Gasteiger partial charge on any atom is -0.368 e. The van der Waals surface area contributed by atoms with Crippen LogP contribution in [0.15, 0.2) is 65.7 Å². The smallest absolute Gasteiger partial charge is 0.234 e. The van der Waals surface area contributed by atoms with Gasteiger partial charge < -0.3 is 15.1 Å². The van der Waals surface area contributed by atoms with Crippen LogP contribution in [0.4, 0.5) is 17.2 Å². The summed E-state index contributed by atoms with van der Waals surface area (Å²) in [7, 11) is 0. The fourth-order valence-electron chi connectivity index (χ4n) is 3.46. The van der Waals surface area contributed by atoms with Gasteiger partial charge in [-0.25, -0.2) is 0 Å². The second kappa shape index (κ2) is 10.0. The molecule has 0 spiro atoms. The molecule has 0 atom stereocenters. The first kappa shape index (κ1) is 21.5. The van der Waals surface area contributed by atoms with E-state index in [0.717, 1.165) is 48.3 Å². The summed E-state index contributed by atoms with van der Waals surface area (Å²) in [6.45, 7) is 5.58. The average molecular weight is 454 g/mol.